The first-order valence-electron chi connectivity index (χ1n) is 19.6. The third-order valence-corrected chi connectivity index (χ3v) is 11.6. The van der Waals surface area contributed by atoms with Gasteiger partial charge in [0.1, 0.15) is 0 Å². The third-order valence-electron chi connectivity index (χ3n) is 11.6. The smallest absolute Gasteiger partial charge is 0.238 e. The van der Waals surface area contributed by atoms with Crippen LogP contribution < -0.4 is 0 Å². The molecule has 0 aliphatic rings. The van der Waals surface area contributed by atoms with Gasteiger partial charge in [0.15, 0.2) is 11.6 Å². The van der Waals surface area contributed by atoms with Gasteiger partial charge in [-0.15, -0.1) is 0 Å². The SMILES string of the molecule is Cc1ccc2c(c1)c1ccccc1n2-c1ccccc1-c1nc(-c2ccccc2-n2c3ccccc3c3ccccc32)nc(-n2c3ccccc3c3ccccc32)n1. The maximum Gasteiger partial charge on any atom is 0.238 e. The number of benzene rings is 8. The van der Waals surface area contributed by atoms with Crippen LogP contribution >= 0.6 is 0 Å². The van der Waals surface area contributed by atoms with Crippen molar-refractivity contribution >= 4 is 65.4 Å². The minimum Gasteiger partial charge on any atom is -0.309 e. The summed E-state index contributed by atoms with van der Waals surface area (Å²) in [5.41, 5.74) is 11.6. The van der Waals surface area contributed by atoms with Crippen LogP contribution in [0.5, 0.6) is 0 Å². The van der Waals surface area contributed by atoms with Crippen molar-refractivity contribution in [3.63, 3.8) is 0 Å². The summed E-state index contributed by atoms with van der Waals surface area (Å²) >= 11 is 0. The van der Waals surface area contributed by atoms with E-state index in [4.69, 9.17) is 15.0 Å². The second-order valence-corrected chi connectivity index (χ2v) is 14.9. The van der Waals surface area contributed by atoms with Crippen molar-refractivity contribution in [1.82, 2.24) is 28.7 Å². The average molecular weight is 743 g/mol. The lowest BCUT2D eigenvalue weighted by molar-refractivity contribution is 0.950. The molecule has 58 heavy (non-hydrogen) atoms. The van der Waals surface area contributed by atoms with Crippen LogP contribution in [0, 0.1) is 6.92 Å². The molecule has 272 valence electrons. The van der Waals surface area contributed by atoms with E-state index in [1.165, 1.54) is 27.1 Å². The van der Waals surface area contributed by atoms with Gasteiger partial charge in [-0.1, -0.05) is 127 Å². The molecule has 0 aliphatic heterocycles. The molecule has 0 N–H and O–H groups in total. The van der Waals surface area contributed by atoms with E-state index in [-0.39, 0.29) is 0 Å². The van der Waals surface area contributed by atoms with E-state index in [2.05, 4.69) is 209 Å². The van der Waals surface area contributed by atoms with Crippen molar-refractivity contribution in [2.24, 2.45) is 0 Å². The van der Waals surface area contributed by atoms with Gasteiger partial charge in [-0.3, -0.25) is 4.57 Å². The van der Waals surface area contributed by atoms with Crippen LogP contribution in [-0.4, -0.2) is 28.7 Å². The van der Waals surface area contributed by atoms with Crippen molar-refractivity contribution in [3.8, 4) is 40.1 Å². The molecule has 0 unspecified atom stereocenters. The topological polar surface area (TPSA) is 53.5 Å². The van der Waals surface area contributed by atoms with Crippen LogP contribution in [0.1, 0.15) is 5.56 Å². The van der Waals surface area contributed by atoms with Gasteiger partial charge in [-0.2, -0.15) is 9.97 Å². The highest BCUT2D eigenvalue weighted by Crippen LogP contribution is 2.39. The van der Waals surface area contributed by atoms with E-state index >= 15 is 0 Å². The van der Waals surface area contributed by atoms with Gasteiger partial charge in [-0.25, -0.2) is 4.98 Å². The summed E-state index contributed by atoms with van der Waals surface area (Å²) in [5, 5.41) is 7.11. The number of para-hydroxylation sites is 7. The number of aryl methyl sites for hydroxylation is 1. The summed E-state index contributed by atoms with van der Waals surface area (Å²) in [6.07, 6.45) is 0. The Morgan fingerprint density at radius 1 is 0.310 bits per heavy atom. The fourth-order valence-corrected chi connectivity index (χ4v) is 9.09. The fourth-order valence-electron chi connectivity index (χ4n) is 9.09. The van der Waals surface area contributed by atoms with Crippen LogP contribution in [0.3, 0.4) is 0 Å². The largest absolute Gasteiger partial charge is 0.309 e. The van der Waals surface area contributed by atoms with Gasteiger partial charge in [0.25, 0.3) is 0 Å². The molecule has 0 amide bonds. The number of aromatic nitrogens is 6. The molecule has 12 aromatic rings. The van der Waals surface area contributed by atoms with Crippen molar-refractivity contribution in [2.45, 2.75) is 6.92 Å². The Balaban J connectivity index is 1.18. The highest BCUT2D eigenvalue weighted by molar-refractivity contribution is 6.11. The minimum absolute atomic E-state index is 0.557. The molecule has 0 aliphatic carbocycles. The molecule has 6 nitrogen and oxygen atoms in total. The third kappa shape index (κ3) is 4.75. The Hall–Kier alpha value is -7.83. The van der Waals surface area contributed by atoms with E-state index in [1.54, 1.807) is 0 Å². The first kappa shape index (κ1) is 32.4. The van der Waals surface area contributed by atoms with Gasteiger partial charge in [-0.05, 0) is 73.7 Å². The second kappa shape index (κ2) is 12.6. The average Bonchev–Trinajstić information content (AvgIpc) is 3.92. The highest BCUT2D eigenvalue weighted by atomic mass is 15.2. The number of hydrogen-bond donors (Lipinski definition) is 0. The number of fused-ring (bicyclic) bond motifs is 9. The Bertz CT molecular complexity index is 3500. The van der Waals surface area contributed by atoms with Gasteiger partial charge in [0.2, 0.25) is 5.95 Å². The lowest BCUT2D eigenvalue weighted by Crippen LogP contribution is -2.09. The molecular weight excluding hydrogens is 709 g/mol. The van der Waals surface area contributed by atoms with Gasteiger partial charge in [0, 0.05) is 43.4 Å². The number of rotatable bonds is 5. The summed E-state index contributed by atoms with van der Waals surface area (Å²) in [4.78, 5) is 16.3. The van der Waals surface area contributed by atoms with Crippen molar-refractivity contribution < 1.29 is 0 Å². The summed E-state index contributed by atoms with van der Waals surface area (Å²) in [5.74, 6) is 1.74. The highest BCUT2D eigenvalue weighted by Gasteiger charge is 2.23. The normalized spacial score (nSPS) is 11.9. The number of hydrogen-bond acceptors (Lipinski definition) is 3. The molecule has 4 aromatic heterocycles. The second-order valence-electron chi connectivity index (χ2n) is 14.9. The fraction of sp³-hybridized carbons (Fsp3) is 0.0192. The first-order valence-corrected chi connectivity index (χ1v) is 19.6. The van der Waals surface area contributed by atoms with Crippen LogP contribution in [0.25, 0.3) is 106 Å². The monoisotopic (exact) mass is 742 g/mol. The molecule has 0 fully saturated rings. The van der Waals surface area contributed by atoms with E-state index in [1.807, 2.05) is 0 Å². The Morgan fingerprint density at radius 2 is 0.655 bits per heavy atom. The molecule has 0 atom stereocenters. The molecule has 6 heteroatoms. The van der Waals surface area contributed by atoms with Gasteiger partial charge >= 0.3 is 0 Å². The predicted octanol–water partition coefficient (Wildman–Crippen LogP) is 12.8. The molecule has 0 bridgehead atoms. The Morgan fingerprint density at radius 3 is 1.10 bits per heavy atom. The van der Waals surface area contributed by atoms with Crippen LogP contribution in [0.2, 0.25) is 0 Å². The van der Waals surface area contributed by atoms with Crippen molar-refractivity contribution in [3.05, 3.63) is 194 Å². The molecule has 8 aromatic carbocycles. The summed E-state index contributed by atoms with van der Waals surface area (Å²) in [6.45, 7) is 2.15. The zero-order valence-electron chi connectivity index (χ0n) is 31.6. The molecule has 12 rings (SSSR count). The molecule has 0 saturated heterocycles. The molecule has 0 spiro atoms. The summed E-state index contributed by atoms with van der Waals surface area (Å²) in [6, 6.07) is 66.5. The van der Waals surface area contributed by atoms with E-state index in [9.17, 15) is 0 Å². The Kier molecular flexibility index (Phi) is 7.04. The maximum absolute atomic E-state index is 5.46. The molecule has 4 heterocycles. The van der Waals surface area contributed by atoms with Gasteiger partial charge < -0.3 is 9.13 Å². The van der Waals surface area contributed by atoms with Crippen LogP contribution in [0.15, 0.2) is 188 Å². The summed E-state index contributed by atoms with van der Waals surface area (Å²) < 4.78 is 6.89. The summed E-state index contributed by atoms with van der Waals surface area (Å²) in [7, 11) is 0. The minimum atomic E-state index is 0.557. The zero-order valence-corrected chi connectivity index (χ0v) is 31.6. The van der Waals surface area contributed by atoms with E-state index in [0.29, 0.717) is 17.6 Å². The van der Waals surface area contributed by atoms with E-state index < -0.39 is 0 Å². The van der Waals surface area contributed by atoms with Crippen molar-refractivity contribution in [2.75, 3.05) is 0 Å². The quantitative estimate of drug-likeness (QED) is 0.176. The zero-order chi connectivity index (χ0) is 38.3. The van der Waals surface area contributed by atoms with Crippen LogP contribution in [-0.2, 0) is 0 Å². The molecular formula is C52H34N6. The molecule has 0 radical (unpaired) electrons. The first-order chi connectivity index (χ1) is 28.7. The Labute approximate surface area is 333 Å². The van der Waals surface area contributed by atoms with Gasteiger partial charge in [0.05, 0.1) is 44.5 Å². The number of nitrogens with zero attached hydrogens (tertiary/aromatic N) is 6. The lowest BCUT2D eigenvalue weighted by Gasteiger charge is -2.17. The standard InChI is InChI=1S/C52H34N6/c1-33-30-31-49-41(32-33)38-20-6-11-25-44(38)57(49)48-29-15-8-22-40(48)51-53-50(54-52(55-51)58-45-26-12-4-18-36(45)37-19-5-13-27-46(37)58)39-21-7-14-28-47(39)56-42-23-9-2-16-34(42)35-17-3-10-24-43(35)56/h2-32H,1H3. The molecule has 0 saturated carbocycles. The van der Waals surface area contributed by atoms with Crippen molar-refractivity contribution in [1.29, 1.82) is 0 Å². The maximum atomic E-state index is 5.46. The van der Waals surface area contributed by atoms with E-state index in [0.717, 1.165) is 66.4 Å². The lowest BCUT2D eigenvalue weighted by atomic mass is 10.1. The predicted molar refractivity (Wildman–Crippen MR) is 238 cm³/mol. The van der Waals surface area contributed by atoms with Crippen LogP contribution in [0.4, 0.5) is 0 Å².